The summed E-state index contributed by atoms with van der Waals surface area (Å²) in [6.45, 7) is 13.6. The number of piperazine rings is 1. The van der Waals surface area contributed by atoms with E-state index in [-0.39, 0.29) is 70.6 Å². The normalized spacial score (nSPS) is 21.3. The number of amides is 1. The number of anilines is 2. The van der Waals surface area contributed by atoms with E-state index in [0.717, 1.165) is 87.3 Å². The number of aromatic nitrogens is 3. The Morgan fingerprint density at radius 3 is 2.49 bits per heavy atom. The molecule has 0 unspecified atom stereocenters. The maximum atomic E-state index is 15.0. The van der Waals surface area contributed by atoms with Crippen molar-refractivity contribution >= 4 is 44.2 Å². The Morgan fingerprint density at radius 1 is 0.988 bits per heavy atom. The van der Waals surface area contributed by atoms with Gasteiger partial charge in [0.25, 0.3) is 21.8 Å². The van der Waals surface area contributed by atoms with Gasteiger partial charge in [-0.05, 0) is 112 Å². The fourth-order valence-corrected chi connectivity index (χ4v) is 13.6. The number of piperidine rings is 1. The molecule has 1 amide bonds. The number of nitrogens with zero attached hydrogens (tertiary/aromatic N) is 6. The van der Waals surface area contributed by atoms with Crippen molar-refractivity contribution in [1.29, 1.82) is 0 Å². The molecule has 430 valence electrons. The van der Waals surface area contributed by atoms with Gasteiger partial charge < -0.3 is 44.0 Å². The molecule has 11 rings (SSSR count). The highest BCUT2D eigenvalue weighted by Crippen LogP contribution is 2.54. The third-order valence-corrected chi connectivity index (χ3v) is 18.5. The van der Waals surface area contributed by atoms with Crippen LogP contribution in [-0.2, 0) is 16.6 Å². The molecule has 5 aliphatic rings. The van der Waals surface area contributed by atoms with E-state index < -0.39 is 42.9 Å². The molecule has 1 atom stereocenters. The van der Waals surface area contributed by atoms with E-state index in [2.05, 4.69) is 83.9 Å². The van der Waals surface area contributed by atoms with Gasteiger partial charge >= 0.3 is 5.69 Å². The van der Waals surface area contributed by atoms with Crippen molar-refractivity contribution < 1.29 is 51.3 Å². The van der Waals surface area contributed by atoms with Gasteiger partial charge in [-0.15, -0.1) is 0 Å². The summed E-state index contributed by atoms with van der Waals surface area (Å²) in [5, 5.41) is 25.7. The standard InChI is InChI=1S/C59H70FN9O11S/c1-6-77-57-51(27-45-46(60)32-63-54(45)64-57)80-50-25-39(12-13-44(50)56(70)65-81(74,75)41-26-47(69(72)73)55(62-31-41)61-30-37-15-17-58(4,71)18-16-37)67-21-19-59(20-22-67)28-40(29-59)68-24-23-66(34-48(68)43-10-8-7-9-42(43)36(2)3)33-38-11-14-49(76-5)53-52(38)78-35-79-53/h7-14,25-27,31-32,36-37,40,48,71H,6,15-24,28-30,33-35H2,1-5H3,(H,61,62)(H,63,64)(H,65,70)/t37?,48-,58?/m0/s1. The summed E-state index contributed by atoms with van der Waals surface area (Å²) in [4.78, 5) is 44.1. The van der Waals surface area contributed by atoms with E-state index in [9.17, 15) is 28.4 Å². The molecule has 3 aromatic heterocycles. The van der Waals surface area contributed by atoms with Gasteiger partial charge in [-0.25, -0.2) is 22.5 Å². The molecule has 2 saturated heterocycles. The van der Waals surface area contributed by atoms with Crippen LogP contribution < -0.4 is 38.6 Å². The highest BCUT2D eigenvalue weighted by Gasteiger charge is 2.50. The molecule has 6 aromatic rings. The molecule has 2 aliphatic carbocycles. The monoisotopic (exact) mass is 1130 g/mol. The Kier molecular flexibility index (Phi) is 15.5. The van der Waals surface area contributed by atoms with Gasteiger partial charge in [0, 0.05) is 93.5 Å². The molecule has 0 radical (unpaired) electrons. The smallest absolute Gasteiger partial charge is 0.312 e. The van der Waals surface area contributed by atoms with E-state index >= 15 is 4.39 Å². The number of nitro groups is 1. The zero-order valence-corrected chi connectivity index (χ0v) is 47.2. The molecule has 20 nitrogen and oxygen atoms in total. The lowest BCUT2D eigenvalue weighted by atomic mass is 9.59. The van der Waals surface area contributed by atoms with Crippen LogP contribution in [0.4, 0.5) is 21.6 Å². The minimum Gasteiger partial charge on any atom is -0.493 e. The minimum atomic E-state index is -4.76. The number of aliphatic hydroxyl groups is 1. The lowest BCUT2D eigenvalue weighted by molar-refractivity contribution is -0.384. The average Bonchev–Trinajstić information content (AvgIpc) is 4.14. The molecule has 3 aromatic carbocycles. The minimum absolute atomic E-state index is 0.0135. The van der Waals surface area contributed by atoms with Gasteiger partial charge in [0.2, 0.25) is 18.4 Å². The SMILES string of the molecule is CCOc1nc2[nH]cc(F)c2cc1Oc1cc(N2CCC3(CC2)CC(N2CCN(Cc4ccc(OC)c5c4OCO5)C[C@H]2c2ccccc2C(C)C)C3)ccc1C(=O)NS(=O)(=O)c1cnc(NCC2CCC(C)(O)CC2)c([N+](=O)[O-])c1. The van der Waals surface area contributed by atoms with Crippen LogP contribution >= 0.6 is 0 Å². The number of ether oxygens (including phenoxy) is 5. The van der Waals surface area contributed by atoms with Crippen molar-refractivity contribution in [3.63, 3.8) is 0 Å². The van der Waals surface area contributed by atoms with Crippen LogP contribution in [0.15, 0.2) is 84.0 Å². The molecule has 3 aliphatic heterocycles. The van der Waals surface area contributed by atoms with Crippen molar-refractivity contribution in [2.24, 2.45) is 11.3 Å². The number of halogens is 1. The molecular formula is C59H70FN9O11S. The number of methoxy groups -OCH3 is 1. The first-order valence-corrected chi connectivity index (χ1v) is 29.5. The van der Waals surface area contributed by atoms with Crippen LogP contribution in [0.3, 0.4) is 0 Å². The first kappa shape index (κ1) is 55.6. The van der Waals surface area contributed by atoms with Gasteiger partial charge in [0.1, 0.15) is 22.1 Å². The summed E-state index contributed by atoms with van der Waals surface area (Å²) >= 11 is 0. The van der Waals surface area contributed by atoms with Crippen LogP contribution in [0.1, 0.15) is 118 Å². The van der Waals surface area contributed by atoms with Gasteiger partial charge in [0.15, 0.2) is 17.2 Å². The van der Waals surface area contributed by atoms with Crippen molar-refractivity contribution in [2.75, 3.05) is 70.0 Å². The van der Waals surface area contributed by atoms with Gasteiger partial charge in [-0.3, -0.25) is 24.7 Å². The molecular weight excluding hydrogens is 1060 g/mol. The number of aromatic amines is 1. The summed E-state index contributed by atoms with van der Waals surface area (Å²) < 4.78 is 74.6. The Morgan fingerprint density at radius 2 is 1.75 bits per heavy atom. The van der Waals surface area contributed by atoms with Crippen molar-refractivity contribution in [3.05, 3.63) is 117 Å². The number of nitrogens with one attached hydrogen (secondary N) is 3. The summed E-state index contributed by atoms with van der Waals surface area (Å²) in [5.41, 5.74) is 3.35. The molecule has 2 saturated carbocycles. The van der Waals surface area contributed by atoms with E-state index in [4.69, 9.17) is 23.7 Å². The molecule has 81 heavy (non-hydrogen) atoms. The average molecular weight is 1130 g/mol. The second-order valence-electron chi connectivity index (χ2n) is 22.9. The maximum Gasteiger partial charge on any atom is 0.312 e. The Bertz CT molecular complexity index is 3440. The number of carbonyl (C=O) groups is 1. The Balaban J connectivity index is 0.809. The molecule has 4 fully saturated rings. The third kappa shape index (κ3) is 11.5. The second kappa shape index (κ2) is 22.6. The highest BCUT2D eigenvalue weighted by molar-refractivity contribution is 7.90. The number of hydrogen-bond donors (Lipinski definition) is 4. The molecule has 0 bridgehead atoms. The predicted octanol–water partition coefficient (Wildman–Crippen LogP) is 9.84. The van der Waals surface area contributed by atoms with Crippen LogP contribution in [0.25, 0.3) is 11.0 Å². The fourth-order valence-electron chi connectivity index (χ4n) is 12.7. The predicted molar refractivity (Wildman–Crippen MR) is 302 cm³/mol. The number of sulfonamides is 1. The molecule has 6 heterocycles. The molecule has 22 heteroatoms. The van der Waals surface area contributed by atoms with E-state index in [1.807, 2.05) is 6.07 Å². The zero-order valence-electron chi connectivity index (χ0n) is 46.3. The van der Waals surface area contributed by atoms with Crippen molar-refractivity contribution in [3.8, 4) is 34.6 Å². The van der Waals surface area contributed by atoms with Gasteiger partial charge in [0.05, 0.1) is 41.4 Å². The molecule has 4 N–H and O–H groups in total. The van der Waals surface area contributed by atoms with Gasteiger partial charge in [-0.2, -0.15) is 4.98 Å². The van der Waals surface area contributed by atoms with E-state index in [1.54, 1.807) is 33.1 Å². The Hall–Kier alpha value is -7.27. The third-order valence-electron chi connectivity index (χ3n) is 17.2. The van der Waals surface area contributed by atoms with Crippen molar-refractivity contribution in [2.45, 2.75) is 114 Å². The van der Waals surface area contributed by atoms with E-state index in [0.29, 0.717) is 68.8 Å². The molecule has 1 spiro atoms. The number of carbonyl (C=O) groups excluding carboxylic acids is 1. The van der Waals surface area contributed by atoms with Gasteiger partial charge in [-0.1, -0.05) is 44.2 Å². The van der Waals surface area contributed by atoms with Crippen molar-refractivity contribution in [1.82, 2.24) is 29.5 Å². The number of rotatable bonds is 18. The fraction of sp³-hybridized carbons (Fsp3) is 0.475. The quantitative estimate of drug-likeness (QED) is 0.0463. The number of hydrogen-bond acceptors (Lipinski definition) is 17. The maximum absolute atomic E-state index is 15.0. The zero-order chi connectivity index (χ0) is 56.8. The number of pyridine rings is 2. The number of benzene rings is 3. The number of H-pyrrole nitrogens is 1. The van der Waals surface area contributed by atoms with Crippen LogP contribution in [0.5, 0.6) is 34.6 Å². The highest BCUT2D eigenvalue weighted by atomic mass is 32.2. The first-order valence-electron chi connectivity index (χ1n) is 28.0. The van der Waals surface area contributed by atoms with Crippen LogP contribution in [-0.4, -0.2) is 121 Å². The van der Waals surface area contributed by atoms with Crippen LogP contribution in [0.2, 0.25) is 0 Å². The Labute approximate surface area is 470 Å². The first-order chi connectivity index (χ1) is 38.9. The van der Waals surface area contributed by atoms with E-state index in [1.165, 1.54) is 23.3 Å². The summed E-state index contributed by atoms with van der Waals surface area (Å²) in [6, 6.07) is 20.6. The summed E-state index contributed by atoms with van der Waals surface area (Å²) in [7, 11) is -3.12. The second-order valence-corrected chi connectivity index (χ2v) is 24.6. The summed E-state index contributed by atoms with van der Waals surface area (Å²) in [6.07, 6.45) is 8.69. The summed E-state index contributed by atoms with van der Waals surface area (Å²) in [5.74, 6) is 0.706. The largest absolute Gasteiger partial charge is 0.493 e. The topological polar surface area (TPSA) is 236 Å². The number of fused-ring (bicyclic) bond motifs is 2. The lowest BCUT2D eigenvalue weighted by Crippen LogP contribution is -2.60. The van der Waals surface area contributed by atoms with Crippen LogP contribution in [0, 0.1) is 27.3 Å². The lowest BCUT2D eigenvalue weighted by Gasteiger charge is -2.58.